The van der Waals surface area contributed by atoms with E-state index in [-0.39, 0.29) is 11.9 Å². The van der Waals surface area contributed by atoms with Gasteiger partial charge in [-0.1, -0.05) is 30.3 Å². The molecular formula is C15H24N4O. The minimum absolute atomic E-state index is 0.0892. The fourth-order valence-corrected chi connectivity index (χ4v) is 2.72. The number of carbonyl (C=O) groups is 1. The van der Waals surface area contributed by atoms with E-state index >= 15 is 0 Å². The van der Waals surface area contributed by atoms with Crippen LogP contribution in [0.15, 0.2) is 30.3 Å². The summed E-state index contributed by atoms with van der Waals surface area (Å²) in [4.78, 5) is 15.8. The van der Waals surface area contributed by atoms with Gasteiger partial charge in [-0.25, -0.2) is 0 Å². The predicted molar refractivity (Wildman–Crippen MR) is 79.9 cm³/mol. The molecule has 0 radical (unpaired) electrons. The molecule has 0 bridgehead atoms. The topological polar surface area (TPSA) is 75.6 Å². The van der Waals surface area contributed by atoms with Gasteiger partial charge in [0.25, 0.3) is 0 Å². The van der Waals surface area contributed by atoms with Gasteiger partial charge in [-0.3, -0.25) is 14.6 Å². The van der Waals surface area contributed by atoms with Crippen molar-refractivity contribution in [1.82, 2.24) is 9.80 Å². The summed E-state index contributed by atoms with van der Waals surface area (Å²) in [7, 11) is 0. The molecule has 20 heavy (non-hydrogen) atoms. The molecule has 110 valence electrons. The Bertz CT molecular complexity index is 415. The van der Waals surface area contributed by atoms with Crippen LogP contribution >= 0.6 is 0 Å². The van der Waals surface area contributed by atoms with E-state index in [0.29, 0.717) is 13.0 Å². The van der Waals surface area contributed by atoms with E-state index in [1.54, 1.807) is 0 Å². The lowest BCUT2D eigenvalue weighted by atomic mass is 10.1. The van der Waals surface area contributed by atoms with Crippen molar-refractivity contribution in [2.24, 2.45) is 11.5 Å². The number of hydrogen-bond acceptors (Lipinski definition) is 4. The number of nitrogens with zero attached hydrogens (tertiary/aromatic N) is 2. The fraction of sp³-hybridized carbons (Fsp3) is 0.533. The van der Waals surface area contributed by atoms with Crippen molar-refractivity contribution >= 4 is 5.91 Å². The second-order valence-corrected chi connectivity index (χ2v) is 5.36. The first-order valence-electron chi connectivity index (χ1n) is 7.17. The number of primary amides is 1. The molecule has 1 aliphatic rings. The van der Waals surface area contributed by atoms with Crippen LogP contribution in [0.3, 0.4) is 0 Å². The van der Waals surface area contributed by atoms with E-state index in [0.717, 1.165) is 32.7 Å². The maximum absolute atomic E-state index is 11.0. The summed E-state index contributed by atoms with van der Waals surface area (Å²) in [6.45, 7) is 5.37. The van der Waals surface area contributed by atoms with Crippen molar-refractivity contribution in [3.63, 3.8) is 0 Å². The standard InChI is InChI=1S/C15H24N4O/c16-11-14(10-15(17)20)19-8-6-18(7-9-19)12-13-4-2-1-3-5-13/h1-5,14H,6-12,16H2,(H2,17,20). The molecule has 5 nitrogen and oxygen atoms in total. The summed E-state index contributed by atoms with van der Waals surface area (Å²) in [5.41, 5.74) is 12.4. The third-order valence-corrected chi connectivity index (χ3v) is 3.88. The molecule has 0 spiro atoms. The number of piperazine rings is 1. The molecule has 1 aromatic rings. The lowest BCUT2D eigenvalue weighted by molar-refractivity contribution is -0.119. The minimum atomic E-state index is -0.271. The number of nitrogens with two attached hydrogens (primary N) is 2. The van der Waals surface area contributed by atoms with Gasteiger partial charge in [-0.05, 0) is 5.56 Å². The second-order valence-electron chi connectivity index (χ2n) is 5.36. The van der Waals surface area contributed by atoms with Gasteiger partial charge in [-0.15, -0.1) is 0 Å². The van der Waals surface area contributed by atoms with E-state index in [2.05, 4.69) is 34.1 Å². The summed E-state index contributed by atoms with van der Waals surface area (Å²) in [6.07, 6.45) is 0.356. The average Bonchev–Trinajstić information content (AvgIpc) is 2.46. The third-order valence-electron chi connectivity index (χ3n) is 3.88. The number of carbonyl (C=O) groups excluding carboxylic acids is 1. The molecule has 1 fully saturated rings. The molecule has 1 aromatic carbocycles. The maximum atomic E-state index is 11.0. The molecule has 4 N–H and O–H groups in total. The van der Waals surface area contributed by atoms with E-state index in [1.807, 2.05) is 6.07 Å². The van der Waals surface area contributed by atoms with E-state index in [9.17, 15) is 4.79 Å². The number of benzene rings is 1. The van der Waals surface area contributed by atoms with Crippen molar-refractivity contribution in [3.8, 4) is 0 Å². The summed E-state index contributed by atoms with van der Waals surface area (Å²) >= 11 is 0. The fourth-order valence-electron chi connectivity index (χ4n) is 2.72. The Morgan fingerprint density at radius 3 is 2.35 bits per heavy atom. The van der Waals surface area contributed by atoms with Gasteiger partial charge in [0, 0.05) is 51.7 Å². The first-order valence-corrected chi connectivity index (χ1v) is 7.17. The highest BCUT2D eigenvalue weighted by atomic mass is 16.1. The molecule has 0 aromatic heterocycles. The Kier molecular flexibility index (Phi) is 5.52. The van der Waals surface area contributed by atoms with Gasteiger partial charge in [0.2, 0.25) is 5.91 Å². The molecule has 5 heteroatoms. The van der Waals surface area contributed by atoms with Gasteiger partial charge in [0.15, 0.2) is 0 Å². The maximum Gasteiger partial charge on any atom is 0.219 e. The molecule has 2 rings (SSSR count). The van der Waals surface area contributed by atoms with Gasteiger partial charge in [-0.2, -0.15) is 0 Å². The number of hydrogen-bond donors (Lipinski definition) is 2. The average molecular weight is 276 g/mol. The first-order chi connectivity index (χ1) is 9.69. The Hall–Kier alpha value is -1.43. The molecule has 1 saturated heterocycles. The molecule has 1 aliphatic heterocycles. The molecule has 1 amide bonds. The summed E-state index contributed by atoms with van der Waals surface area (Å²) in [6, 6.07) is 10.6. The third kappa shape index (κ3) is 4.30. The monoisotopic (exact) mass is 276 g/mol. The Morgan fingerprint density at radius 2 is 1.80 bits per heavy atom. The van der Waals surface area contributed by atoms with Crippen LogP contribution < -0.4 is 11.5 Å². The van der Waals surface area contributed by atoms with Crippen molar-refractivity contribution in [2.75, 3.05) is 32.7 Å². The zero-order valence-corrected chi connectivity index (χ0v) is 11.9. The molecule has 0 aliphatic carbocycles. The zero-order chi connectivity index (χ0) is 14.4. The molecule has 1 heterocycles. The van der Waals surface area contributed by atoms with Crippen LogP contribution in [0.4, 0.5) is 0 Å². The van der Waals surface area contributed by atoms with E-state index < -0.39 is 0 Å². The second kappa shape index (κ2) is 7.38. The number of amides is 1. The normalized spacial score (nSPS) is 18.9. The van der Waals surface area contributed by atoms with Crippen LogP contribution in [0.2, 0.25) is 0 Å². The van der Waals surface area contributed by atoms with E-state index in [1.165, 1.54) is 5.56 Å². The molecule has 1 unspecified atom stereocenters. The lowest BCUT2D eigenvalue weighted by Crippen LogP contribution is -2.52. The van der Waals surface area contributed by atoms with Crippen molar-refractivity contribution < 1.29 is 4.79 Å². The Labute approximate surface area is 120 Å². The summed E-state index contributed by atoms with van der Waals surface area (Å²) < 4.78 is 0. The quantitative estimate of drug-likeness (QED) is 0.767. The van der Waals surface area contributed by atoms with Crippen LogP contribution in [-0.4, -0.2) is 54.5 Å². The smallest absolute Gasteiger partial charge is 0.219 e. The zero-order valence-electron chi connectivity index (χ0n) is 11.9. The van der Waals surface area contributed by atoms with Gasteiger partial charge in [0.1, 0.15) is 0 Å². The Morgan fingerprint density at radius 1 is 1.15 bits per heavy atom. The predicted octanol–water partition coefficient (Wildman–Crippen LogP) is 0.00690. The van der Waals surface area contributed by atoms with Crippen LogP contribution in [0.1, 0.15) is 12.0 Å². The van der Waals surface area contributed by atoms with Gasteiger partial charge < -0.3 is 11.5 Å². The van der Waals surface area contributed by atoms with E-state index in [4.69, 9.17) is 11.5 Å². The summed E-state index contributed by atoms with van der Waals surface area (Å²) in [5.74, 6) is -0.271. The highest BCUT2D eigenvalue weighted by Gasteiger charge is 2.23. The largest absolute Gasteiger partial charge is 0.370 e. The van der Waals surface area contributed by atoms with Crippen LogP contribution in [-0.2, 0) is 11.3 Å². The summed E-state index contributed by atoms with van der Waals surface area (Å²) in [5, 5.41) is 0. The van der Waals surface area contributed by atoms with Gasteiger partial charge in [0.05, 0.1) is 0 Å². The highest BCUT2D eigenvalue weighted by molar-refractivity contribution is 5.74. The van der Waals surface area contributed by atoms with Crippen LogP contribution in [0.5, 0.6) is 0 Å². The number of rotatable bonds is 6. The minimum Gasteiger partial charge on any atom is -0.370 e. The Balaban J connectivity index is 1.81. The molecule has 1 atom stereocenters. The lowest BCUT2D eigenvalue weighted by Gasteiger charge is -2.38. The SMILES string of the molecule is NCC(CC(N)=O)N1CCN(Cc2ccccc2)CC1. The highest BCUT2D eigenvalue weighted by Crippen LogP contribution is 2.11. The molecular weight excluding hydrogens is 252 g/mol. The van der Waals surface area contributed by atoms with Crippen LogP contribution in [0, 0.1) is 0 Å². The van der Waals surface area contributed by atoms with Crippen molar-refractivity contribution in [3.05, 3.63) is 35.9 Å². The van der Waals surface area contributed by atoms with Gasteiger partial charge >= 0.3 is 0 Å². The first kappa shape index (κ1) is 15.0. The van der Waals surface area contributed by atoms with Crippen molar-refractivity contribution in [1.29, 1.82) is 0 Å². The molecule has 0 saturated carbocycles. The van der Waals surface area contributed by atoms with Crippen molar-refractivity contribution in [2.45, 2.75) is 19.0 Å². The van der Waals surface area contributed by atoms with Crippen LogP contribution in [0.25, 0.3) is 0 Å².